The molecule has 0 radical (unpaired) electrons. The zero-order valence-corrected chi connectivity index (χ0v) is 10.1. The summed E-state index contributed by atoms with van der Waals surface area (Å²) in [4.78, 5) is 24.3. The summed E-state index contributed by atoms with van der Waals surface area (Å²) in [5.41, 5.74) is 0. The molecular weight excluding hydrogens is 212 g/mol. The monoisotopic (exact) mass is 230 g/mol. The molecular formula is C10H18N2O2S. The van der Waals surface area contributed by atoms with E-state index in [-0.39, 0.29) is 17.9 Å². The van der Waals surface area contributed by atoms with Crippen molar-refractivity contribution in [3.8, 4) is 0 Å². The number of likely N-dealkylation sites (tertiary alicyclic amines) is 1. The normalized spacial score (nSPS) is 21.5. The Kier molecular flexibility index (Phi) is 5.11. The minimum Gasteiger partial charge on any atom is -0.305 e. The van der Waals surface area contributed by atoms with Gasteiger partial charge in [0.1, 0.15) is 0 Å². The van der Waals surface area contributed by atoms with Crippen molar-refractivity contribution in [3.05, 3.63) is 0 Å². The molecule has 15 heavy (non-hydrogen) atoms. The lowest BCUT2D eigenvalue weighted by atomic mass is 10.2. The zero-order valence-electron chi connectivity index (χ0n) is 9.28. The Hall–Kier alpha value is -0.550. The predicted octanol–water partition coefficient (Wildman–Crippen LogP) is 0.477. The highest BCUT2D eigenvalue weighted by Gasteiger charge is 2.36. The van der Waals surface area contributed by atoms with Gasteiger partial charge in [0.25, 0.3) is 0 Å². The van der Waals surface area contributed by atoms with Crippen LogP contribution in [0.2, 0.25) is 0 Å². The summed E-state index contributed by atoms with van der Waals surface area (Å²) in [6.45, 7) is 3.12. The average molecular weight is 230 g/mol. The topological polar surface area (TPSA) is 49.4 Å². The number of hydrogen-bond donors (Lipinski definition) is 1. The van der Waals surface area contributed by atoms with E-state index in [1.807, 2.05) is 6.92 Å². The fraction of sp³-hybridized carbons (Fsp3) is 0.800. The summed E-state index contributed by atoms with van der Waals surface area (Å²) in [5, 5.41) is 3.14. The second-order valence-electron chi connectivity index (χ2n) is 3.53. The van der Waals surface area contributed by atoms with Crippen molar-refractivity contribution in [3.63, 3.8) is 0 Å². The van der Waals surface area contributed by atoms with Gasteiger partial charge >= 0.3 is 0 Å². The maximum Gasteiger partial charge on any atom is 0.246 e. The van der Waals surface area contributed by atoms with E-state index in [2.05, 4.69) is 11.6 Å². The van der Waals surface area contributed by atoms with E-state index in [0.29, 0.717) is 13.0 Å². The van der Waals surface area contributed by atoms with E-state index in [1.165, 1.54) is 4.90 Å². The van der Waals surface area contributed by atoms with Crippen LogP contribution in [0.3, 0.4) is 0 Å². The second kappa shape index (κ2) is 6.12. The second-order valence-corrected chi connectivity index (χ2v) is 4.52. The molecule has 1 fully saturated rings. The van der Waals surface area contributed by atoms with Crippen molar-refractivity contribution in [2.45, 2.75) is 25.8 Å². The molecule has 0 aromatic rings. The first-order valence-electron chi connectivity index (χ1n) is 5.27. The third kappa shape index (κ3) is 3.21. The zero-order chi connectivity index (χ0) is 11.3. The molecule has 86 valence electrons. The van der Waals surface area contributed by atoms with Crippen molar-refractivity contribution >= 4 is 23.6 Å². The van der Waals surface area contributed by atoms with Gasteiger partial charge in [0, 0.05) is 6.54 Å². The predicted molar refractivity (Wildman–Crippen MR) is 61.8 cm³/mol. The highest BCUT2D eigenvalue weighted by molar-refractivity contribution is 7.98. The van der Waals surface area contributed by atoms with Gasteiger partial charge in [-0.3, -0.25) is 14.5 Å². The number of amides is 2. The molecule has 1 heterocycles. The number of thioether (sulfide) groups is 1. The summed E-state index contributed by atoms with van der Waals surface area (Å²) >= 11 is 1.79. The number of imide groups is 1. The van der Waals surface area contributed by atoms with Crippen LogP contribution in [0.1, 0.15) is 19.8 Å². The minimum absolute atomic E-state index is 0.0510. The van der Waals surface area contributed by atoms with Gasteiger partial charge in [-0.2, -0.15) is 11.8 Å². The Morgan fingerprint density at radius 2 is 2.27 bits per heavy atom. The van der Waals surface area contributed by atoms with Crippen LogP contribution in [0.15, 0.2) is 0 Å². The molecule has 0 aromatic heterocycles. The van der Waals surface area contributed by atoms with Crippen molar-refractivity contribution in [2.75, 3.05) is 25.1 Å². The summed E-state index contributed by atoms with van der Waals surface area (Å²) in [6, 6.07) is -0.278. The lowest BCUT2D eigenvalue weighted by Gasteiger charge is -2.12. The Bertz CT molecular complexity index is 246. The van der Waals surface area contributed by atoms with Crippen LogP contribution >= 0.6 is 11.8 Å². The third-order valence-electron chi connectivity index (χ3n) is 2.48. The fourth-order valence-corrected chi connectivity index (χ4v) is 2.10. The van der Waals surface area contributed by atoms with Gasteiger partial charge in [-0.15, -0.1) is 0 Å². The highest BCUT2D eigenvalue weighted by Crippen LogP contribution is 2.12. The number of likely N-dealkylation sites (N-methyl/N-ethyl adjacent to an activating group) is 1. The average Bonchev–Trinajstić information content (AvgIpc) is 2.49. The van der Waals surface area contributed by atoms with E-state index >= 15 is 0 Å². The van der Waals surface area contributed by atoms with Gasteiger partial charge in [0.15, 0.2) is 0 Å². The number of hydrogen-bond acceptors (Lipinski definition) is 4. The largest absolute Gasteiger partial charge is 0.305 e. The van der Waals surface area contributed by atoms with Crippen molar-refractivity contribution in [1.82, 2.24) is 10.2 Å². The van der Waals surface area contributed by atoms with Crippen LogP contribution in [-0.2, 0) is 9.59 Å². The Morgan fingerprint density at radius 1 is 1.53 bits per heavy atom. The molecule has 1 N–H and O–H groups in total. The Balaban J connectivity index is 2.32. The molecule has 1 aliphatic rings. The molecule has 5 heteroatoms. The molecule has 0 spiro atoms. The van der Waals surface area contributed by atoms with Gasteiger partial charge in [0.05, 0.1) is 12.5 Å². The number of nitrogens with zero attached hydrogens (tertiary/aromatic N) is 1. The number of carbonyl (C=O) groups is 2. The molecule has 4 nitrogen and oxygen atoms in total. The fourth-order valence-electron chi connectivity index (χ4n) is 1.67. The lowest BCUT2D eigenvalue weighted by molar-refractivity contribution is -0.138. The first-order chi connectivity index (χ1) is 7.20. The molecule has 0 bridgehead atoms. The van der Waals surface area contributed by atoms with E-state index < -0.39 is 0 Å². The standard InChI is InChI=1S/C10H18N2O2S/c1-3-12-9(13)7-8(10(12)14)11-5-4-6-15-2/h8,11H,3-7H2,1-2H3. The van der Waals surface area contributed by atoms with Gasteiger partial charge in [-0.05, 0) is 31.9 Å². The van der Waals surface area contributed by atoms with Crippen LogP contribution in [0.25, 0.3) is 0 Å². The summed E-state index contributed by atoms with van der Waals surface area (Å²) < 4.78 is 0. The van der Waals surface area contributed by atoms with Gasteiger partial charge in [-0.1, -0.05) is 0 Å². The first-order valence-corrected chi connectivity index (χ1v) is 6.66. The summed E-state index contributed by atoms with van der Waals surface area (Å²) in [5.74, 6) is 0.968. The van der Waals surface area contributed by atoms with Gasteiger partial charge in [0.2, 0.25) is 11.8 Å². The van der Waals surface area contributed by atoms with Crippen molar-refractivity contribution < 1.29 is 9.59 Å². The van der Waals surface area contributed by atoms with Crippen molar-refractivity contribution in [1.29, 1.82) is 0 Å². The summed E-state index contributed by atoms with van der Waals surface area (Å²) in [7, 11) is 0. The van der Waals surface area contributed by atoms with Gasteiger partial charge < -0.3 is 5.32 Å². The SMILES string of the molecule is CCN1C(=O)CC(NCCCSC)C1=O. The molecule has 0 aliphatic carbocycles. The van der Waals surface area contributed by atoms with E-state index in [1.54, 1.807) is 11.8 Å². The van der Waals surface area contributed by atoms with E-state index in [4.69, 9.17) is 0 Å². The van der Waals surface area contributed by atoms with Crippen LogP contribution in [0, 0.1) is 0 Å². The molecule has 2 amide bonds. The number of nitrogens with one attached hydrogen (secondary N) is 1. The molecule has 1 atom stereocenters. The van der Waals surface area contributed by atoms with Crippen LogP contribution in [0.4, 0.5) is 0 Å². The molecule has 1 aliphatic heterocycles. The quantitative estimate of drug-likeness (QED) is 0.532. The molecule has 1 saturated heterocycles. The highest BCUT2D eigenvalue weighted by atomic mass is 32.2. The molecule has 0 aromatic carbocycles. The number of carbonyl (C=O) groups excluding carboxylic acids is 2. The minimum atomic E-state index is -0.278. The van der Waals surface area contributed by atoms with Crippen LogP contribution < -0.4 is 5.32 Å². The van der Waals surface area contributed by atoms with E-state index in [9.17, 15) is 9.59 Å². The van der Waals surface area contributed by atoms with E-state index in [0.717, 1.165) is 18.7 Å². The first kappa shape index (κ1) is 12.5. The van der Waals surface area contributed by atoms with Crippen molar-refractivity contribution in [2.24, 2.45) is 0 Å². The van der Waals surface area contributed by atoms with Crippen LogP contribution in [0.5, 0.6) is 0 Å². The van der Waals surface area contributed by atoms with Gasteiger partial charge in [-0.25, -0.2) is 0 Å². The molecule has 1 rings (SSSR count). The molecule has 0 saturated carbocycles. The summed E-state index contributed by atoms with van der Waals surface area (Å²) in [6.07, 6.45) is 3.42. The maximum absolute atomic E-state index is 11.6. The number of rotatable bonds is 6. The smallest absolute Gasteiger partial charge is 0.246 e. The third-order valence-corrected chi connectivity index (χ3v) is 3.17. The Morgan fingerprint density at radius 3 is 2.80 bits per heavy atom. The van der Waals surface area contributed by atoms with Crippen LogP contribution in [-0.4, -0.2) is 47.9 Å². The Labute approximate surface area is 94.8 Å². The molecule has 1 unspecified atom stereocenters. The maximum atomic E-state index is 11.6. The lowest BCUT2D eigenvalue weighted by Crippen LogP contribution is -2.39.